The van der Waals surface area contributed by atoms with E-state index in [0.29, 0.717) is 12.5 Å². The maximum absolute atomic E-state index is 13.2. The molecule has 0 N–H and O–H groups in total. The molecule has 1 aromatic carbocycles. The number of halogens is 1. The minimum atomic E-state index is -0.200. The van der Waals surface area contributed by atoms with Crippen molar-refractivity contribution in [3.63, 3.8) is 0 Å². The summed E-state index contributed by atoms with van der Waals surface area (Å²) < 4.78 is 17.5. The van der Waals surface area contributed by atoms with E-state index in [0.717, 1.165) is 23.1 Å². The Bertz CT molecular complexity index is 539. The average molecular weight is 279 g/mol. The predicted octanol–water partition coefficient (Wildman–Crippen LogP) is 3.83. The van der Waals surface area contributed by atoms with Crippen molar-refractivity contribution >= 4 is 16.7 Å². The predicted molar refractivity (Wildman–Crippen MR) is 77.1 cm³/mol. The van der Waals surface area contributed by atoms with Crippen molar-refractivity contribution in [3.05, 3.63) is 41.5 Å². The Labute approximate surface area is 117 Å². The van der Waals surface area contributed by atoms with Crippen LogP contribution in [-0.2, 0) is 6.54 Å². The van der Waals surface area contributed by atoms with Crippen molar-refractivity contribution in [2.75, 3.05) is 11.4 Å². The second-order valence-electron chi connectivity index (χ2n) is 4.73. The summed E-state index contributed by atoms with van der Waals surface area (Å²) in [7, 11) is 0. The fourth-order valence-electron chi connectivity index (χ4n) is 1.76. The lowest BCUT2D eigenvalue weighted by molar-refractivity contribution is 0.624. The van der Waals surface area contributed by atoms with Crippen LogP contribution < -0.4 is 4.90 Å². The fraction of sp³-hybridized carbons (Fsp3) is 0.429. The van der Waals surface area contributed by atoms with Gasteiger partial charge >= 0.3 is 0 Å². The molecule has 0 unspecified atom stereocenters. The monoisotopic (exact) mass is 279 g/mol. The first-order valence-corrected chi connectivity index (χ1v) is 7.20. The van der Waals surface area contributed by atoms with E-state index in [2.05, 4.69) is 35.0 Å². The molecule has 0 bridgehead atoms. The molecule has 1 aromatic heterocycles. The summed E-state index contributed by atoms with van der Waals surface area (Å²) in [5.41, 5.74) is 0.947. The largest absolute Gasteiger partial charge is 0.343 e. The van der Waals surface area contributed by atoms with E-state index in [-0.39, 0.29) is 5.82 Å². The smallest absolute Gasteiger partial charge is 0.205 e. The Kier molecular flexibility index (Phi) is 4.47. The number of hydrogen-bond donors (Lipinski definition) is 0. The standard InChI is InChI=1S/C14H18FN3S/c1-4-18(9-11-6-5-7-12(15)8-11)14-16-13(10(2)3)17-19-14/h5-8,10H,4,9H2,1-3H3. The van der Waals surface area contributed by atoms with Crippen LogP contribution in [0, 0.1) is 5.82 Å². The van der Waals surface area contributed by atoms with Gasteiger partial charge in [-0.05, 0) is 24.6 Å². The van der Waals surface area contributed by atoms with Crippen LogP contribution in [0.1, 0.15) is 38.1 Å². The molecule has 0 saturated carbocycles. The highest BCUT2D eigenvalue weighted by atomic mass is 32.1. The van der Waals surface area contributed by atoms with Crippen LogP contribution in [0.5, 0.6) is 0 Å². The van der Waals surface area contributed by atoms with Gasteiger partial charge in [-0.3, -0.25) is 0 Å². The van der Waals surface area contributed by atoms with E-state index in [1.807, 2.05) is 6.07 Å². The topological polar surface area (TPSA) is 29.0 Å². The average Bonchev–Trinajstić information content (AvgIpc) is 2.85. The van der Waals surface area contributed by atoms with Crippen molar-refractivity contribution in [1.29, 1.82) is 0 Å². The highest BCUT2D eigenvalue weighted by Crippen LogP contribution is 2.22. The van der Waals surface area contributed by atoms with Gasteiger partial charge in [0.15, 0.2) is 0 Å². The van der Waals surface area contributed by atoms with Gasteiger partial charge in [-0.1, -0.05) is 26.0 Å². The highest BCUT2D eigenvalue weighted by Gasteiger charge is 2.13. The summed E-state index contributed by atoms with van der Waals surface area (Å²) in [6.45, 7) is 7.70. The third kappa shape index (κ3) is 3.50. The third-order valence-corrected chi connectivity index (χ3v) is 3.65. The maximum Gasteiger partial charge on any atom is 0.205 e. The zero-order valence-corrected chi connectivity index (χ0v) is 12.2. The lowest BCUT2D eigenvalue weighted by Crippen LogP contribution is -2.21. The Balaban J connectivity index is 2.15. The van der Waals surface area contributed by atoms with Crippen molar-refractivity contribution < 1.29 is 4.39 Å². The van der Waals surface area contributed by atoms with Crippen molar-refractivity contribution in [2.45, 2.75) is 33.2 Å². The summed E-state index contributed by atoms with van der Waals surface area (Å²) in [5.74, 6) is 1.00. The van der Waals surface area contributed by atoms with Gasteiger partial charge in [0, 0.05) is 30.5 Å². The summed E-state index contributed by atoms with van der Waals surface area (Å²) in [6, 6.07) is 6.68. The molecule has 0 aliphatic heterocycles. The number of hydrogen-bond acceptors (Lipinski definition) is 4. The van der Waals surface area contributed by atoms with Crippen LogP contribution >= 0.6 is 11.5 Å². The molecule has 0 spiro atoms. The van der Waals surface area contributed by atoms with E-state index >= 15 is 0 Å². The number of nitrogens with zero attached hydrogens (tertiary/aromatic N) is 3. The van der Waals surface area contributed by atoms with Gasteiger partial charge in [-0.25, -0.2) is 9.37 Å². The van der Waals surface area contributed by atoms with Crippen molar-refractivity contribution in [2.24, 2.45) is 0 Å². The number of aromatic nitrogens is 2. The lowest BCUT2D eigenvalue weighted by atomic mass is 10.2. The van der Waals surface area contributed by atoms with E-state index in [9.17, 15) is 4.39 Å². The molecule has 0 radical (unpaired) electrons. The minimum Gasteiger partial charge on any atom is -0.343 e. The third-order valence-electron chi connectivity index (χ3n) is 2.86. The maximum atomic E-state index is 13.2. The molecule has 2 rings (SSSR count). The molecule has 2 aromatic rings. The second kappa shape index (κ2) is 6.10. The van der Waals surface area contributed by atoms with Gasteiger partial charge in [-0.15, -0.1) is 0 Å². The zero-order chi connectivity index (χ0) is 13.8. The van der Waals surface area contributed by atoms with Gasteiger partial charge in [0.25, 0.3) is 0 Å². The number of benzene rings is 1. The molecule has 3 nitrogen and oxygen atoms in total. The highest BCUT2D eigenvalue weighted by molar-refractivity contribution is 7.09. The number of rotatable bonds is 5. The van der Waals surface area contributed by atoms with Crippen molar-refractivity contribution in [1.82, 2.24) is 9.36 Å². The van der Waals surface area contributed by atoms with Crippen LogP contribution in [-0.4, -0.2) is 15.9 Å². The Morgan fingerprint density at radius 2 is 2.16 bits per heavy atom. The first kappa shape index (κ1) is 13.9. The summed E-state index contributed by atoms with van der Waals surface area (Å²) in [6.07, 6.45) is 0. The molecule has 0 aliphatic carbocycles. The Hall–Kier alpha value is -1.49. The van der Waals surface area contributed by atoms with E-state index < -0.39 is 0 Å². The van der Waals surface area contributed by atoms with Gasteiger partial charge < -0.3 is 4.90 Å². The minimum absolute atomic E-state index is 0.200. The molecule has 0 aliphatic rings. The molecule has 0 atom stereocenters. The molecule has 102 valence electrons. The Morgan fingerprint density at radius 1 is 1.37 bits per heavy atom. The molecular formula is C14H18FN3S. The summed E-state index contributed by atoms with van der Waals surface area (Å²) in [4.78, 5) is 6.65. The van der Waals surface area contributed by atoms with Crippen LogP contribution in [0.15, 0.2) is 24.3 Å². The molecule has 5 heteroatoms. The normalized spacial score (nSPS) is 11.0. The van der Waals surface area contributed by atoms with E-state index in [4.69, 9.17) is 0 Å². The zero-order valence-electron chi connectivity index (χ0n) is 11.4. The fourth-order valence-corrected chi connectivity index (χ4v) is 2.63. The second-order valence-corrected chi connectivity index (χ2v) is 5.46. The van der Waals surface area contributed by atoms with Crippen LogP contribution in [0.25, 0.3) is 0 Å². The quantitative estimate of drug-likeness (QED) is 0.833. The van der Waals surface area contributed by atoms with E-state index in [1.54, 1.807) is 12.1 Å². The number of anilines is 1. The van der Waals surface area contributed by atoms with E-state index in [1.165, 1.54) is 17.6 Å². The molecule has 19 heavy (non-hydrogen) atoms. The first-order valence-electron chi connectivity index (χ1n) is 6.43. The SMILES string of the molecule is CCN(Cc1cccc(F)c1)c1nc(C(C)C)ns1. The first-order chi connectivity index (χ1) is 9.10. The lowest BCUT2D eigenvalue weighted by Gasteiger charge is -2.19. The van der Waals surface area contributed by atoms with Crippen LogP contribution in [0.4, 0.5) is 9.52 Å². The van der Waals surface area contributed by atoms with Crippen LogP contribution in [0.2, 0.25) is 0 Å². The van der Waals surface area contributed by atoms with Crippen molar-refractivity contribution in [3.8, 4) is 0 Å². The van der Waals surface area contributed by atoms with Crippen LogP contribution in [0.3, 0.4) is 0 Å². The van der Waals surface area contributed by atoms with Gasteiger partial charge in [0.2, 0.25) is 5.13 Å². The molecule has 1 heterocycles. The molecular weight excluding hydrogens is 261 g/mol. The molecule has 0 amide bonds. The van der Waals surface area contributed by atoms with Gasteiger partial charge in [-0.2, -0.15) is 4.37 Å². The Morgan fingerprint density at radius 3 is 2.74 bits per heavy atom. The van der Waals surface area contributed by atoms with Gasteiger partial charge in [0.1, 0.15) is 11.6 Å². The van der Waals surface area contributed by atoms with Gasteiger partial charge in [0.05, 0.1) is 0 Å². The molecule has 0 fully saturated rings. The summed E-state index contributed by atoms with van der Waals surface area (Å²) in [5, 5.41) is 0.899. The molecule has 0 saturated heterocycles. The summed E-state index contributed by atoms with van der Waals surface area (Å²) >= 11 is 1.41.